The van der Waals surface area contributed by atoms with Crippen LogP contribution in [-0.2, 0) is 21.5 Å². The number of hydrogen-bond donors (Lipinski definition) is 2. The Kier molecular flexibility index (Phi) is 8.73. The van der Waals surface area contributed by atoms with E-state index in [9.17, 15) is 13.2 Å². The minimum absolute atomic E-state index is 0.230. The fraction of sp³-hybridized carbons (Fsp3) is 0.562. The van der Waals surface area contributed by atoms with Crippen LogP contribution in [0.2, 0.25) is 0 Å². The van der Waals surface area contributed by atoms with E-state index in [0.29, 0.717) is 18.8 Å². The van der Waals surface area contributed by atoms with E-state index in [1.165, 1.54) is 0 Å². The number of likely N-dealkylation sites (tertiary alicyclic amines) is 1. The molecule has 7 nitrogen and oxygen atoms in total. The fourth-order valence-corrected chi connectivity index (χ4v) is 2.40. The predicted octanol–water partition coefficient (Wildman–Crippen LogP) is 1.92. The second-order valence-electron chi connectivity index (χ2n) is 5.72. The molecule has 1 aliphatic rings. The topological polar surface area (TPSA) is 104 Å². The van der Waals surface area contributed by atoms with Gasteiger partial charge in [0.05, 0.1) is 6.26 Å². The van der Waals surface area contributed by atoms with Gasteiger partial charge in [-0.3, -0.25) is 4.55 Å². The number of aliphatic hydroxyl groups excluding tert-OH is 1. The normalized spacial score (nSPS) is 15.4. The molecule has 0 saturated carbocycles. The molecule has 0 aliphatic carbocycles. The number of aliphatic hydroxyl groups is 1. The number of nitrogens with zero attached hydrogens (tertiary/aromatic N) is 1. The molecule has 0 radical (unpaired) electrons. The molecule has 2 rings (SSSR count). The first-order valence-corrected chi connectivity index (χ1v) is 9.63. The summed E-state index contributed by atoms with van der Waals surface area (Å²) in [6.07, 6.45) is 3.24. The molecule has 8 heteroatoms. The lowest BCUT2D eigenvalue weighted by molar-refractivity contribution is 0.0795. The van der Waals surface area contributed by atoms with Gasteiger partial charge in [-0.15, -0.1) is 0 Å². The van der Waals surface area contributed by atoms with Gasteiger partial charge in [-0.25, -0.2) is 4.79 Å². The van der Waals surface area contributed by atoms with E-state index in [0.717, 1.165) is 37.9 Å². The van der Waals surface area contributed by atoms with E-state index >= 15 is 0 Å². The van der Waals surface area contributed by atoms with Gasteiger partial charge in [0, 0.05) is 19.7 Å². The summed E-state index contributed by atoms with van der Waals surface area (Å²) in [5, 5.41) is 8.90. The highest BCUT2D eigenvalue weighted by molar-refractivity contribution is 7.85. The van der Waals surface area contributed by atoms with E-state index in [4.69, 9.17) is 14.4 Å². The standard InChI is InChI=1S/C15H21NO3.CH4O3S/c17-11-8-13-6-9-16(10-7-13)15(18)19-12-14-4-2-1-3-5-14;1-5(2,3)4/h1-5,13,17H,6-12H2;1H3,(H,2,3,4). The molecule has 1 heterocycles. The van der Waals surface area contributed by atoms with Crippen molar-refractivity contribution in [2.24, 2.45) is 5.92 Å². The molecule has 1 aromatic rings. The van der Waals surface area contributed by atoms with E-state index in [1.54, 1.807) is 4.90 Å². The number of amides is 1. The molecular weight excluding hydrogens is 334 g/mol. The summed E-state index contributed by atoms with van der Waals surface area (Å²) in [6, 6.07) is 9.70. The smallest absolute Gasteiger partial charge is 0.410 e. The van der Waals surface area contributed by atoms with Gasteiger partial charge in [-0.2, -0.15) is 8.42 Å². The Morgan fingerprint density at radius 1 is 1.25 bits per heavy atom. The van der Waals surface area contributed by atoms with Gasteiger partial charge in [-0.1, -0.05) is 30.3 Å². The van der Waals surface area contributed by atoms with Crippen molar-refractivity contribution in [3.8, 4) is 0 Å². The number of carbonyl (C=O) groups is 1. The monoisotopic (exact) mass is 359 g/mol. The average Bonchev–Trinajstić information content (AvgIpc) is 2.53. The minimum Gasteiger partial charge on any atom is -0.445 e. The van der Waals surface area contributed by atoms with Gasteiger partial charge in [0.2, 0.25) is 0 Å². The van der Waals surface area contributed by atoms with Crippen LogP contribution >= 0.6 is 0 Å². The SMILES string of the molecule is CS(=O)(=O)O.O=C(OCc1ccccc1)N1CCC(CCO)CC1. The largest absolute Gasteiger partial charge is 0.445 e. The average molecular weight is 359 g/mol. The van der Waals surface area contributed by atoms with E-state index < -0.39 is 10.1 Å². The van der Waals surface area contributed by atoms with Crippen molar-refractivity contribution in [2.45, 2.75) is 25.9 Å². The van der Waals surface area contributed by atoms with Gasteiger partial charge in [0.1, 0.15) is 6.61 Å². The summed E-state index contributed by atoms with van der Waals surface area (Å²) in [5.41, 5.74) is 1.01. The first-order valence-electron chi connectivity index (χ1n) is 7.78. The maximum atomic E-state index is 11.9. The number of hydrogen-bond acceptors (Lipinski definition) is 5. The highest BCUT2D eigenvalue weighted by Crippen LogP contribution is 2.20. The Balaban J connectivity index is 0.000000505. The van der Waals surface area contributed by atoms with Crippen LogP contribution in [0.3, 0.4) is 0 Å². The molecule has 136 valence electrons. The maximum absolute atomic E-state index is 11.9. The number of piperidine rings is 1. The Morgan fingerprint density at radius 2 is 1.79 bits per heavy atom. The Labute approximate surface area is 143 Å². The molecule has 0 spiro atoms. The summed E-state index contributed by atoms with van der Waals surface area (Å²) < 4.78 is 31.2. The van der Waals surface area contributed by atoms with Crippen LogP contribution < -0.4 is 0 Å². The van der Waals surface area contributed by atoms with Gasteiger partial charge < -0.3 is 14.7 Å². The van der Waals surface area contributed by atoms with Gasteiger partial charge >= 0.3 is 6.09 Å². The first-order chi connectivity index (χ1) is 11.3. The number of ether oxygens (including phenoxy) is 1. The highest BCUT2D eigenvalue weighted by atomic mass is 32.2. The number of benzene rings is 1. The first kappa shape index (κ1) is 20.4. The lowest BCUT2D eigenvalue weighted by atomic mass is 9.94. The highest BCUT2D eigenvalue weighted by Gasteiger charge is 2.23. The lowest BCUT2D eigenvalue weighted by Gasteiger charge is -2.31. The van der Waals surface area contributed by atoms with Crippen molar-refractivity contribution in [1.29, 1.82) is 0 Å². The zero-order valence-corrected chi connectivity index (χ0v) is 14.6. The van der Waals surface area contributed by atoms with Crippen LogP contribution in [0.1, 0.15) is 24.8 Å². The third-order valence-corrected chi connectivity index (χ3v) is 3.62. The van der Waals surface area contributed by atoms with Crippen molar-refractivity contribution >= 4 is 16.2 Å². The molecule has 1 aliphatic heterocycles. The van der Waals surface area contributed by atoms with E-state index in [2.05, 4.69) is 0 Å². The van der Waals surface area contributed by atoms with Crippen molar-refractivity contribution in [3.63, 3.8) is 0 Å². The van der Waals surface area contributed by atoms with Gasteiger partial charge in [0.15, 0.2) is 0 Å². The molecule has 0 bridgehead atoms. The second-order valence-corrected chi connectivity index (χ2v) is 7.18. The molecule has 1 aromatic carbocycles. The number of carbonyl (C=O) groups excluding carboxylic acids is 1. The van der Waals surface area contributed by atoms with Crippen molar-refractivity contribution < 1.29 is 27.6 Å². The second kappa shape index (κ2) is 10.3. The molecule has 1 saturated heterocycles. The molecule has 0 unspecified atom stereocenters. The van der Waals surface area contributed by atoms with Crippen LogP contribution in [-0.4, -0.2) is 55.0 Å². The minimum atomic E-state index is -3.67. The molecule has 24 heavy (non-hydrogen) atoms. The predicted molar refractivity (Wildman–Crippen MR) is 90.1 cm³/mol. The Bertz CT molecular complexity index is 574. The van der Waals surface area contributed by atoms with E-state index in [-0.39, 0.29) is 12.7 Å². The molecule has 1 fully saturated rings. The lowest BCUT2D eigenvalue weighted by Crippen LogP contribution is -2.38. The van der Waals surface area contributed by atoms with Gasteiger partial charge in [0.25, 0.3) is 10.1 Å². The summed E-state index contributed by atoms with van der Waals surface area (Å²) in [4.78, 5) is 13.7. The van der Waals surface area contributed by atoms with Crippen molar-refractivity contribution in [2.75, 3.05) is 26.0 Å². The molecule has 1 amide bonds. The Morgan fingerprint density at radius 3 is 2.29 bits per heavy atom. The van der Waals surface area contributed by atoms with Crippen molar-refractivity contribution in [3.05, 3.63) is 35.9 Å². The van der Waals surface area contributed by atoms with Crippen LogP contribution in [0.25, 0.3) is 0 Å². The summed E-state index contributed by atoms with van der Waals surface area (Å²) in [6.45, 7) is 2.04. The summed E-state index contributed by atoms with van der Waals surface area (Å²) in [7, 11) is -3.67. The van der Waals surface area contributed by atoms with Crippen molar-refractivity contribution in [1.82, 2.24) is 4.90 Å². The molecule has 0 atom stereocenters. The fourth-order valence-electron chi connectivity index (χ4n) is 2.40. The Hall–Kier alpha value is -1.64. The molecule has 0 aromatic heterocycles. The molecule has 2 N–H and O–H groups in total. The number of rotatable bonds is 4. The van der Waals surface area contributed by atoms with Crippen LogP contribution in [0, 0.1) is 5.92 Å². The zero-order chi connectivity index (χ0) is 18.0. The summed E-state index contributed by atoms with van der Waals surface area (Å²) in [5.74, 6) is 0.545. The zero-order valence-electron chi connectivity index (χ0n) is 13.8. The maximum Gasteiger partial charge on any atom is 0.410 e. The quantitative estimate of drug-likeness (QED) is 0.796. The molecular formula is C16H25NO6S. The van der Waals surface area contributed by atoms with Crippen LogP contribution in [0.15, 0.2) is 30.3 Å². The third kappa shape index (κ3) is 9.49. The van der Waals surface area contributed by atoms with Gasteiger partial charge in [-0.05, 0) is 30.7 Å². The van der Waals surface area contributed by atoms with Crippen LogP contribution in [0.4, 0.5) is 4.79 Å². The van der Waals surface area contributed by atoms with E-state index in [1.807, 2.05) is 30.3 Å². The van der Waals surface area contributed by atoms with Crippen LogP contribution in [0.5, 0.6) is 0 Å². The third-order valence-electron chi connectivity index (χ3n) is 3.62. The summed E-state index contributed by atoms with van der Waals surface area (Å²) >= 11 is 0.